The van der Waals surface area contributed by atoms with Gasteiger partial charge in [0.05, 0.1) is 6.54 Å². The first-order chi connectivity index (χ1) is 13.9. The van der Waals surface area contributed by atoms with E-state index in [1.807, 2.05) is 29.2 Å². The highest BCUT2D eigenvalue weighted by Gasteiger charge is 2.37. The van der Waals surface area contributed by atoms with Crippen LogP contribution in [0.2, 0.25) is 0 Å². The van der Waals surface area contributed by atoms with Crippen molar-refractivity contribution < 1.29 is 18.0 Å². The number of rotatable bonds is 7. The lowest BCUT2D eigenvalue weighted by atomic mass is 9.82. The largest absolute Gasteiger partial charge is 0.356 e. The summed E-state index contributed by atoms with van der Waals surface area (Å²) in [6.45, 7) is 0.935. The minimum absolute atomic E-state index is 0.0278. The van der Waals surface area contributed by atoms with Crippen LogP contribution in [0.1, 0.15) is 36.8 Å². The number of ketones is 1. The topological polar surface area (TPSA) is 20.3 Å². The normalized spacial score (nSPS) is 16.2. The smallest absolute Gasteiger partial charge is 0.248 e. The summed E-state index contributed by atoms with van der Waals surface area (Å²) in [6, 6.07) is 13.8. The van der Waals surface area contributed by atoms with Gasteiger partial charge in [-0.25, -0.2) is 13.2 Å². The van der Waals surface area contributed by atoms with Crippen LogP contribution < -0.4 is 4.90 Å². The lowest BCUT2D eigenvalue weighted by Crippen LogP contribution is -2.29. The number of terminal acetylenes is 1. The van der Waals surface area contributed by atoms with Crippen molar-refractivity contribution in [3.63, 3.8) is 0 Å². The van der Waals surface area contributed by atoms with Gasteiger partial charge in [-0.1, -0.05) is 30.2 Å². The fourth-order valence-corrected chi connectivity index (χ4v) is 3.69. The Morgan fingerprint density at radius 2 is 1.62 bits per heavy atom. The molecule has 0 atom stereocenters. The first-order valence-electron chi connectivity index (χ1n) is 9.79. The van der Waals surface area contributed by atoms with Gasteiger partial charge in [0.2, 0.25) is 5.92 Å². The molecule has 0 radical (unpaired) electrons. The second-order valence-corrected chi connectivity index (χ2v) is 7.63. The number of hydrogen-bond acceptors (Lipinski definition) is 2. The third kappa shape index (κ3) is 5.87. The number of carbonyl (C=O) groups is 1. The van der Waals surface area contributed by atoms with E-state index in [0.717, 1.165) is 16.8 Å². The van der Waals surface area contributed by atoms with E-state index in [1.165, 1.54) is 12.1 Å². The zero-order chi connectivity index (χ0) is 20.9. The van der Waals surface area contributed by atoms with Crippen LogP contribution in [0.25, 0.3) is 0 Å². The lowest BCUT2D eigenvalue weighted by Gasteiger charge is -2.27. The molecule has 2 aromatic carbocycles. The monoisotopic (exact) mass is 399 g/mol. The molecular weight excluding hydrogens is 375 g/mol. The van der Waals surface area contributed by atoms with Crippen LogP contribution in [-0.2, 0) is 17.8 Å². The molecule has 0 amide bonds. The van der Waals surface area contributed by atoms with Crippen molar-refractivity contribution in [2.75, 3.05) is 11.4 Å². The Morgan fingerprint density at radius 3 is 2.21 bits per heavy atom. The second-order valence-electron chi connectivity index (χ2n) is 7.63. The Morgan fingerprint density at radius 1 is 1.03 bits per heavy atom. The number of benzene rings is 2. The van der Waals surface area contributed by atoms with Crippen LogP contribution in [0, 0.1) is 24.1 Å². The van der Waals surface area contributed by atoms with Gasteiger partial charge in [-0.05, 0) is 48.2 Å². The Hall–Kier alpha value is -2.74. The summed E-state index contributed by atoms with van der Waals surface area (Å²) in [7, 11) is 0. The zero-order valence-corrected chi connectivity index (χ0v) is 16.2. The number of alkyl halides is 2. The number of Topliss-reactive ketones (excluding diaryl/α,β-unsaturated/α-hetero) is 1. The van der Waals surface area contributed by atoms with Crippen LogP contribution in [0.5, 0.6) is 0 Å². The van der Waals surface area contributed by atoms with Crippen LogP contribution in [0.15, 0.2) is 48.5 Å². The van der Waals surface area contributed by atoms with Gasteiger partial charge in [0.1, 0.15) is 11.6 Å². The van der Waals surface area contributed by atoms with Gasteiger partial charge in [0, 0.05) is 37.4 Å². The van der Waals surface area contributed by atoms with Crippen molar-refractivity contribution in [1.29, 1.82) is 0 Å². The molecule has 5 heteroatoms. The lowest BCUT2D eigenvalue weighted by molar-refractivity contribution is -0.126. The van der Waals surface area contributed by atoms with Crippen LogP contribution in [0.4, 0.5) is 18.9 Å². The molecule has 0 unspecified atom stereocenters. The average molecular weight is 399 g/mol. The fraction of sp³-hybridized carbons (Fsp3) is 0.375. The molecule has 1 saturated carbocycles. The van der Waals surface area contributed by atoms with Gasteiger partial charge < -0.3 is 4.90 Å². The van der Waals surface area contributed by atoms with Crippen molar-refractivity contribution in [3.8, 4) is 12.3 Å². The first-order valence-corrected chi connectivity index (χ1v) is 9.79. The maximum absolute atomic E-state index is 13.3. The molecule has 0 spiro atoms. The van der Waals surface area contributed by atoms with Crippen molar-refractivity contribution in [1.82, 2.24) is 0 Å². The maximum atomic E-state index is 13.3. The Bertz CT molecular complexity index is 858. The summed E-state index contributed by atoms with van der Waals surface area (Å²) < 4.78 is 39.7. The van der Waals surface area contributed by atoms with Gasteiger partial charge in [0.15, 0.2) is 0 Å². The summed E-state index contributed by atoms with van der Waals surface area (Å²) in [4.78, 5) is 14.4. The predicted octanol–water partition coefficient (Wildman–Crippen LogP) is 5.40. The molecule has 29 heavy (non-hydrogen) atoms. The molecule has 0 aliphatic heterocycles. The van der Waals surface area contributed by atoms with Crippen LogP contribution >= 0.6 is 0 Å². The summed E-state index contributed by atoms with van der Waals surface area (Å²) in [5.74, 6) is -0.520. The van der Waals surface area contributed by atoms with Gasteiger partial charge >= 0.3 is 0 Å². The third-order valence-electron chi connectivity index (χ3n) is 5.42. The first kappa shape index (κ1) is 21.0. The molecule has 0 bridgehead atoms. The average Bonchev–Trinajstić information content (AvgIpc) is 2.70. The molecule has 0 heterocycles. The van der Waals surface area contributed by atoms with Gasteiger partial charge in [-0.3, -0.25) is 4.79 Å². The standard InChI is InChI=1S/C24H24F3NO/c1-2-15-28(17-19-3-7-21(25)8-4-19)22-9-5-18(6-10-22)16-23(29)20-11-13-24(26,27)14-12-20/h1,3-10,20H,11-17H2. The van der Waals surface area contributed by atoms with Crippen LogP contribution in [-0.4, -0.2) is 18.3 Å². The van der Waals surface area contributed by atoms with E-state index >= 15 is 0 Å². The number of carbonyl (C=O) groups excluding carboxylic acids is 1. The maximum Gasteiger partial charge on any atom is 0.248 e. The van der Waals surface area contributed by atoms with E-state index in [2.05, 4.69) is 5.92 Å². The van der Waals surface area contributed by atoms with Crippen LogP contribution in [0.3, 0.4) is 0 Å². The summed E-state index contributed by atoms with van der Waals surface area (Å²) in [5, 5.41) is 0. The summed E-state index contributed by atoms with van der Waals surface area (Å²) in [6.07, 6.45) is 5.87. The summed E-state index contributed by atoms with van der Waals surface area (Å²) in [5.41, 5.74) is 2.70. The van der Waals surface area contributed by atoms with Gasteiger partial charge in [0.25, 0.3) is 0 Å². The zero-order valence-electron chi connectivity index (χ0n) is 16.2. The molecule has 2 nitrogen and oxygen atoms in total. The Kier molecular flexibility index (Phi) is 6.64. The summed E-state index contributed by atoms with van der Waals surface area (Å²) >= 11 is 0. The fourth-order valence-electron chi connectivity index (χ4n) is 3.69. The highest BCUT2D eigenvalue weighted by Crippen LogP contribution is 2.36. The minimum atomic E-state index is -2.62. The third-order valence-corrected chi connectivity index (χ3v) is 5.42. The molecular formula is C24H24F3NO. The van der Waals surface area contributed by atoms with Crippen molar-refractivity contribution in [2.45, 2.75) is 44.6 Å². The van der Waals surface area contributed by atoms with Gasteiger partial charge in [-0.2, -0.15) is 0 Å². The quantitative estimate of drug-likeness (QED) is 0.581. The van der Waals surface area contributed by atoms with E-state index in [9.17, 15) is 18.0 Å². The highest BCUT2D eigenvalue weighted by molar-refractivity contribution is 5.83. The molecule has 0 saturated heterocycles. The molecule has 3 rings (SSSR count). The van der Waals surface area contributed by atoms with E-state index < -0.39 is 5.92 Å². The number of halogens is 3. The molecule has 2 aromatic rings. The van der Waals surface area contributed by atoms with Crippen molar-refractivity contribution in [3.05, 3.63) is 65.5 Å². The van der Waals surface area contributed by atoms with Crippen molar-refractivity contribution >= 4 is 11.5 Å². The molecule has 1 fully saturated rings. The molecule has 152 valence electrons. The SMILES string of the molecule is C#CCN(Cc1ccc(F)cc1)c1ccc(CC(=O)C2CCC(F)(F)CC2)cc1. The highest BCUT2D eigenvalue weighted by atomic mass is 19.3. The molecule has 0 N–H and O–H groups in total. The predicted molar refractivity (Wildman–Crippen MR) is 108 cm³/mol. The molecule has 1 aliphatic carbocycles. The number of anilines is 1. The minimum Gasteiger partial charge on any atom is -0.356 e. The number of hydrogen-bond donors (Lipinski definition) is 0. The number of nitrogens with zero attached hydrogens (tertiary/aromatic N) is 1. The van der Waals surface area contributed by atoms with E-state index in [0.29, 0.717) is 13.1 Å². The van der Waals surface area contributed by atoms with E-state index in [1.54, 1.807) is 12.1 Å². The van der Waals surface area contributed by atoms with Gasteiger partial charge in [-0.15, -0.1) is 6.42 Å². The molecule has 1 aliphatic rings. The van der Waals surface area contributed by atoms with E-state index in [4.69, 9.17) is 6.42 Å². The Labute approximate surface area is 169 Å². The van der Waals surface area contributed by atoms with E-state index in [-0.39, 0.29) is 49.6 Å². The molecule has 0 aromatic heterocycles. The van der Waals surface area contributed by atoms with Crippen molar-refractivity contribution in [2.24, 2.45) is 5.92 Å². The Balaban J connectivity index is 1.62. The second kappa shape index (κ2) is 9.17.